The molecule has 1 aliphatic carbocycles. The van der Waals surface area contributed by atoms with E-state index >= 15 is 13.2 Å². The Balaban J connectivity index is 1.88. The highest BCUT2D eigenvalue weighted by Gasteiger charge is 2.67. The Labute approximate surface area is 242 Å². The third-order valence-corrected chi connectivity index (χ3v) is 9.40. The zero-order valence-electron chi connectivity index (χ0n) is 20.5. The Morgan fingerprint density at radius 1 is 1.11 bits per heavy atom. The molecule has 1 fully saturated rings. The van der Waals surface area contributed by atoms with Gasteiger partial charge in [-0.15, -0.1) is 0 Å². The van der Waals surface area contributed by atoms with Gasteiger partial charge in [0.2, 0.25) is 0 Å². The number of nitrogens with zero attached hydrogens (tertiary/aromatic N) is 1. The Hall–Kier alpha value is -1.35. The Morgan fingerprint density at radius 2 is 1.74 bits per heavy atom. The van der Waals surface area contributed by atoms with Crippen molar-refractivity contribution < 1.29 is 27.1 Å². The Kier molecular flexibility index (Phi) is 8.78. The average molecular weight is 658 g/mol. The second-order valence-corrected chi connectivity index (χ2v) is 12.2. The van der Waals surface area contributed by atoms with E-state index < -0.39 is 41.4 Å². The van der Waals surface area contributed by atoms with Crippen LogP contribution in [-0.4, -0.2) is 24.5 Å². The van der Waals surface area contributed by atoms with E-state index in [1.54, 1.807) is 0 Å². The Morgan fingerprint density at radius 3 is 2.32 bits per heavy atom. The summed E-state index contributed by atoms with van der Waals surface area (Å²) in [5.74, 6) is -3.30. The summed E-state index contributed by atoms with van der Waals surface area (Å²) in [5.41, 5.74) is -3.09. The van der Waals surface area contributed by atoms with E-state index in [4.69, 9.17) is 39.5 Å². The molecular weight excluding hydrogens is 633 g/mol. The van der Waals surface area contributed by atoms with Crippen molar-refractivity contribution >= 4 is 62.9 Å². The number of carbonyl (C=O) groups excluding carboxylic acids is 1. The van der Waals surface area contributed by atoms with Gasteiger partial charge in [-0.25, -0.2) is 4.39 Å². The van der Waals surface area contributed by atoms with E-state index in [-0.39, 0.29) is 42.5 Å². The lowest BCUT2D eigenvalue weighted by Crippen LogP contribution is -2.52. The summed E-state index contributed by atoms with van der Waals surface area (Å²) >= 11 is 21.4. The number of benzene rings is 2. The zero-order valence-corrected chi connectivity index (χ0v) is 24.3. The molecule has 38 heavy (non-hydrogen) atoms. The molecular formula is C27H25BrCl3F4NO2. The first-order chi connectivity index (χ1) is 17.8. The highest BCUT2D eigenvalue weighted by atomic mass is 79.9. The lowest BCUT2D eigenvalue weighted by Gasteiger charge is -2.39. The van der Waals surface area contributed by atoms with Gasteiger partial charge in [-0.2, -0.15) is 13.2 Å². The van der Waals surface area contributed by atoms with E-state index in [1.165, 1.54) is 12.1 Å². The highest BCUT2D eigenvalue weighted by molar-refractivity contribution is 9.10. The number of esters is 1. The summed E-state index contributed by atoms with van der Waals surface area (Å²) in [6.07, 6.45) is -1.66. The molecule has 2 aromatic carbocycles. The molecule has 4 rings (SSSR count). The number of hydrogen-bond acceptors (Lipinski definition) is 3. The van der Waals surface area contributed by atoms with Crippen molar-refractivity contribution in [3.05, 3.63) is 66.8 Å². The largest absolute Gasteiger partial charge is 0.462 e. The minimum Gasteiger partial charge on any atom is -0.462 e. The number of ether oxygens (including phenoxy) is 1. The third-order valence-electron chi connectivity index (χ3n) is 7.59. The van der Waals surface area contributed by atoms with Gasteiger partial charge in [0.25, 0.3) is 0 Å². The monoisotopic (exact) mass is 655 g/mol. The molecule has 1 saturated carbocycles. The standard InChI is InChI=1S/C27H25BrCl3F4NO2/c1-13(2)16-5-3-4-6-21(16)38-25(37)22-24(14-7-8-20(32)17(28)9-14)36-12-26(22,27(33,34)35)15-10-18(29)23(31)19(30)11-15/h7-13,16,21-22,24H,3-6H2,1-2H3/t16-,21+,22?,24?,26?/m1/s1. The van der Waals surface area contributed by atoms with Crippen molar-refractivity contribution in [2.75, 3.05) is 0 Å². The zero-order chi connectivity index (χ0) is 28.0. The first-order valence-electron chi connectivity index (χ1n) is 12.2. The van der Waals surface area contributed by atoms with Crippen LogP contribution in [0, 0.1) is 23.6 Å². The molecule has 206 valence electrons. The van der Waals surface area contributed by atoms with E-state index in [2.05, 4.69) is 20.9 Å². The molecule has 3 nitrogen and oxygen atoms in total. The predicted octanol–water partition coefficient (Wildman–Crippen LogP) is 9.55. The molecule has 0 N–H and O–H groups in total. The van der Waals surface area contributed by atoms with Crippen LogP contribution >= 0.6 is 50.7 Å². The maximum atomic E-state index is 15.2. The summed E-state index contributed by atoms with van der Waals surface area (Å²) in [4.78, 5) is 18.1. The fourth-order valence-corrected chi connectivity index (χ4v) is 6.61. The first kappa shape index (κ1) is 29.6. The van der Waals surface area contributed by atoms with E-state index in [1.807, 2.05) is 13.8 Å². The van der Waals surface area contributed by atoms with Crippen LogP contribution in [0.4, 0.5) is 17.6 Å². The van der Waals surface area contributed by atoms with Gasteiger partial charge in [-0.1, -0.05) is 61.1 Å². The number of carbonyl (C=O) groups is 1. The quantitative estimate of drug-likeness (QED) is 0.183. The molecule has 2 aromatic rings. The number of rotatable bonds is 5. The van der Waals surface area contributed by atoms with Crippen LogP contribution in [0.15, 0.2) is 39.8 Å². The maximum absolute atomic E-state index is 15.2. The van der Waals surface area contributed by atoms with Crippen LogP contribution in [0.3, 0.4) is 0 Å². The first-order valence-corrected chi connectivity index (χ1v) is 14.1. The normalized spacial score (nSPS) is 27.7. The minimum atomic E-state index is -5.00. The van der Waals surface area contributed by atoms with Gasteiger partial charge in [0.05, 0.1) is 25.6 Å². The van der Waals surface area contributed by atoms with Gasteiger partial charge < -0.3 is 4.74 Å². The number of hydrogen-bond donors (Lipinski definition) is 0. The maximum Gasteiger partial charge on any atom is 0.404 e. The summed E-state index contributed by atoms with van der Waals surface area (Å²) in [6.45, 7) is 4.01. The molecule has 0 bridgehead atoms. The second kappa shape index (κ2) is 11.3. The Bertz CT molecular complexity index is 1230. The minimum absolute atomic E-state index is 0.0214. The van der Waals surface area contributed by atoms with Gasteiger partial charge in [0, 0.05) is 6.21 Å². The van der Waals surface area contributed by atoms with Crippen LogP contribution in [0.1, 0.15) is 56.7 Å². The fourth-order valence-electron chi connectivity index (χ4n) is 5.62. The van der Waals surface area contributed by atoms with E-state index in [9.17, 15) is 9.18 Å². The molecule has 0 amide bonds. The van der Waals surface area contributed by atoms with E-state index in [0.29, 0.717) is 6.42 Å². The molecule has 1 aliphatic heterocycles. The highest BCUT2D eigenvalue weighted by Crippen LogP contribution is 2.56. The van der Waals surface area contributed by atoms with Crippen molar-refractivity contribution in [3.8, 4) is 0 Å². The molecule has 0 saturated heterocycles. The van der Waals surface area contributed by atoms with Gasteiger partial charge >= 0.3 is 12.1 Å². The van der Waals surface area contributed by atoms with Crippen molar-refractivity contribution in [2.45, 2.75) is 63.3 Å². The fraction of sp³-hybridized carbons (Fsp3) is 0.481. The molecule has 2 aliphatic rings. The van der Waals surface area contributed by atoms with Crippen LogP contribution in [0.25, 0.3) is 0 Å². The third kappa shape index (κ3) is 5.35. The van der Waals surface area contributed by atoms with Crippen LogP contribution in [-0.2, 0) is 14.9 Å². The summed E-state index contributed by atoms with van der Waals surface area (Å²) in [5, 5.41) is -0.499. The van der Waals surface area contributed by atoms with Crippen LogP contribution < -0.4 is 0 Å². The lowest BCUT2D eigenvalue weighted by atomic mass is 9.68. The number of halogens is 8. The predicted molar refractivity (Wildman–Crippen MR) is 145 cm³/mol. The molecule has 0 spiro atoms. The SMILES string of the molecule is CC(C)[C@H]1CCCC[C@@H]1OC(=O)C1C(c2ccc(F)c(Br)c2)N=CC1(c1cc(Cl)c(Cl)c(Cl)c1)C(F)(F)F. The van der Waals surface area contributed by atoms with Gasteiger partial charge in [0.1, 0.15) is 23.3 Å². The number of aliphatic imine (C=N–C) groups is 1. The van der Waals surface area contributed by atoms with E-state index in [0.717, 1.165) is 43.7 Å². The van der Waals surface area contributed by atoms with Gasteiger partial charge in [0.15, 0.2) is 0 Å². The molecule has 1 heterocycles. The molecule has 11 heteroatoms. The summed E-state index contributed by atoms with van der Waals surface area (Å²) in [7, 11) is 0. The summed E-state index contributed by atoms with van der Waals surface area (Å²) < 4.78 is 65.6. The van der Waals surface area contributed by atoms with Crippen molar-refractivity contribution in [1.82, 2.24) is 0 Å². The molecule has 0 radical (unpaired) electrons. The van der Waals surface area contributed by atoms with Crippen molar-refractivity contribution in [2.24, 2.45) is 22.7 Å². The van der Waals surface area contributed by atoms with Crippen molar-refractivity contribution in [3.63, 3.8) is 0 Å². The number of alkyl halides is 3. The van der Waals surface area contributed by atoms with Crippen LogP contribution in [0.2, 0.25) is 15.1 Å². The van der Waals surface area contributed by atoms with Gasteiger partial charge in [-0.3, -0.25) is 9.79 Å². The molecule has 3 unspecified atom stereocenters. The average Bonchev–Trinajstić information content (AvgIpc) is 3.26. The van der Waals surface area contributed by atoms with Gasteiger partial charge in [-0.05, 0) is 82.4 Å². The van der Waals surface area contributed by atoms with Crippen molar-refractivity contribution in [1.29, 1.82) is 0 Å². The second-order valence-electron chi connectivity index (χ2n) is 10.2. The summed E-state index contributed by atoms with van der Waals surface area (Å²) in [6, 6.07) is 4.54. The molecule has 0 aromatic heterocycles. The van der Waals surface area contributed by atoms with Crippen LogP contribution in [0.5, 0.6) is 0 Å². The lowest BCUT2D eigenvalue weighted by molar-refractivity contribution is -0.197. The molecule has 5 atom stereocenters. The smallest absolute Gasteiger partial charge is 0.404 e. The topological polar surface area (TPSA) is 38.7 Å².